The number of nitrogens with one attached hydrogen (secondary N) is 2. The number of amides is 1. The molecule has 0 radical (unpaired) electrons. The van der Waals surface area contributed by atoms with E-state index in [0.29, 0.717) is 36.8 Å². The van der Waals surface area contributed by atoms with Crippen molar-refractivity contribution in [2.45, 2.75) is 39.5 Å². The minimum absolute atomic E-state index is 0.0117. The molecule has 0 saturated heterocycles. The molecule has 44 heavy (non-hydrogen) atoms. The lowest BCUT2D eigenvalue weighted by Crippen LogP contribution is -2.27. The normalized spacial score (nSPS) is 11.0. The summed E-state index contributed by atoms with van der Waals surface area (Å²) in [4.78, 5) is 35.1. The fourth-order valence-corrected chi connectivity index (χ4v) is 4.29. The standard InChI is InChI=1S/C32H36N6O6/c1-32(2,3)44-31(39)36-26-19-25(15-16-27(26)43-18-17-42-4)35-29-28(38(40)41)30(34-22-33-29)37(20-23-11-7-5-8-12-23)21-24-13-9-6-10-14-24/h5-16,19,22H,17-18,20-21H2,1-4H3,(H,36,39)(H,33,34,35). The Morgan fingerprint density at radius 1 is 0.932 bits per heavy atom. The highest BCUT2D eigenvalue weighted by atomic mass is 16.6. The smallest absolute Gasteiger partial charge is 0.412 e. The molecular weight excluding hydrogens is 564 g/mol. The van der Waals surface area contributed by atoms with Crippen molar-refractivity contribution in [1.82, 2.24) is 9.97 Å². The van der Waals surface area contributed by atoms with Crippen LogP contribution in [0.1, 0.15) is 31.9 Å². The number of methoxy groups -OCH3 is 1. The zero-order chi connectivity index (χ0) is 31.5. The number of carbonyl (C=O) groups excluding carboxylic acids is 1. The Balaban J connectivity index is 1.69. The number of nitrogens with zero attached hydrogens (tertiary/aromatic N) is 4. The van der Waals surface area contributed by atoms with Crippen LogP contribution in [0.2, 0.25) is 0 Å². The van der Waals surface area contributed by atoms with E-state index < -0.39 is 16.6 Å². The Kier molecular flexibility index (Phi) is 10.7. The average Bonchev–Trinajstić information content (AvgIpc) is 2.98. The Hall–Kier alpha value is -5.23. The minimum Gasteiger partial charge on any atom is -0.489 e. The van der Waals surface area contributed by atoms with E-state index in [0.717, 1.165) is 11.1 Å². The average molecular weight is 601 g/mol. The van der Waals surface area contributed by atoms with E-state index in [1.807, 2.05) is 65.6 Å². The number of hydrogen-bond acceptors (Lipinski definition) is 10. The molecule has 2 N–H and O–H groups in total. The van der Waals surface area contributed by atoms with Gasteiger partial charge in [0.05, 0.1) is 17.2 Å². The molecule has 1 aromatic heterocycles. The SMILES string of the molecule is COCCOc1ccc(Nc2ncnc(N(Cc3ccccc3)Cc3ccccc3)c2[N+](=O)[O-])cc1NC(=O)OC(C)(C)C. The number of anilines is 4. The van der Waals surface area contributed by atoms with Gasteiger partial charge in [0.2, 0.25) is 11.6 Å². The van der Waals surface area contributed by atoms with E-state index in [1.54, 1.807) is 46.1 Å². The molecule has 230 valence electrons. The predicted octanol–water partition coefficient (Wildman–Crippen LogP) is 6.71. The molecule has 0 unspecified atom stereocenters. The lowest BCUT2D eigenvalue weighted by molar-refractivity contribution is -0.383. The second kappa shape index (κ2) is 14.8. The van der Waals surface area contributed by atoms with Crippen LogP contribution >= 0.6 is 0 Å². The third-order valence-electron chi connectivity index (χ3n) is 6.14. The summed E-state index contributed by atoms with van der Waals surface area (Å²) in [6, 6.07) is 24.2. The third-order valence-corrected chi connectivity index (χ3v) is 6.14. The fraction of sp³-hybridized carbons (Fsp3) is 0.281. The highest BCUT2D eigenvalue weighted by Gasteiger charge is 2.28. The molecule has 0 aliphatic rings. The summed E-state index contributed by atoms with van der Waals surface area (Å²) in [6.45, 7) is 6.60. The molecule has 0 aliphatic carbocycles. The first-order valence-corrected chi connectivity index (χ1v) is 14.0. The zero-order valence-corrected chi connectivity index (χ0v) is 25.1. The van der Waals surface area contributed by atoms with Crippen LogP contribution in [0.5, 0.6) is 5.75 Å². The summed E-state index contributed by atoms with van der Waals surface area (Å²) in [5, 5.41) is 18.3. The van der Waals surface area contributed by atoms with Crippen molar-refractivity contribution < 1.29 is 23.9 Å². The second-order valence-electron chi connectivity index (χ2n) is 10.8. The summed E-state index contributed by atoms with van der Waals surface area (Å²) in [7, 11) is 1.56. The summed E-state index contributed by atoms with van der Waals surface area (Å²) < 4.78 is 16.2. The van der Waals surface area contributed by atoms with Crippen molar-refractivity contribution in [1.29, 1.82) is 0 Å². The molecule has 0 bridgehead atoms. The fourth-order valence-electron chi connectivity index (χ4n) is 4.29. The highest BCUT2D eigenvalue weighted by Crippen LogP contribution is 2.37. The number of nitro groups is 1. The van der Waals surface area contributed by atoms with Crippen molar-refractivity contribution in [3.05, 3.63) is 106 Å². The molecule has 12 heteroatoms. The lowest BCUT2D eigenvalue weighted by Gasteiger charge is -2.24. The van der Waals surface area contributed by atoms with Crippen LogP contribution in [0.15, 0.2) is 85.2 Å². The van der Waals surface area contributed by atoms with E-state index in [9.17, 15) is 14.9 Å². The van der Waals surface area contributed by atoms with Gasteiger partial charge < -0.3 is 24.4 Å². The maximum Gasteiger partial charge on any atom is 0.412 e. The molecule has 4 aromatic rings. The second-order valence-corrected chi connectivity index (χ2v) is 10.8. The highest BCUT2D eigenvalue weighted by molar-refractivity contribution is 5.88. The number of rotatable bonds is 13. The van der Waals surface area contributed by atoms with Crippen LogP contribution in [0.3, 0.4) is 0 Å². The molecule has 1 heterocycles. The summed E-state index contributed by atoms with van der Waals surface area (Å²) >= 11 is 0. The van der Waals surface area contributed by atoms with Gasteiger partial charge in [-0.1, -0.05) is 60.7 Å². The van der Waals surface area contributed by atoms with Gasteiger partial charge in [0.1, 0.15) is 24.3 Å². The van der Waals surface area contributed by atoms with Crippen molar-refractivity contribution in [3.8, 4) is 5.75 Å². The predicted molar refractivity (Wildman–Crippen MR) is 168 cm³/mol. The van der Waals surface area contributed by atoms with Crippen LogP contribution in [-0.4, -0.2) is 46.9 Å². The molecule has 0 fully saturated rings. The van der Waals surface area contributed by atoms with Gasteiger partial charge in [-0.15, -0.1) is 0 Å². The van der Waals surface area contributed by atoms with Gasteiger partial charge in [-0.2, -0.15) is 0 Å². The first-order chi connectivity index (χ1) is 21.1. The number of aromatic nitrogens is 2. The van der Waals surface area contributed by atoms with E-state index in [-0.39, 0.29) is 23.9 Å². The van der Waals surface area contributed by atoms with Crippen molar-refractivity contribution in [3.63, 3.8) is 0 Å². The van der Waals surface area contributed by atoms with Gasteiger partial charge in [-0.3, -0.25) is 15.4 Å². The summed E-state index contributed by atoms with van der Waals surface area (Å²) in [6.07, 6.45) is 0.606. The topological polar surface area (TPSA) is 141 Å². The quantitative estimate of drug-likeness (QED) is 0.0966. The van der Waals surface area contributed by atoms with Crippen molar-refractivity contribution >= 4 is 34.8 Å². The number of hydrogen-bond donors (Lipinski definition) is 2. The Morgan fingerprint density at radius 2 is 1.57 bits per heavy atom. The minimum atomic E-state index is -0.722. The lowest BCUT2D eigenvalue weighted by atomic mass is 10.1. The van der Waals surface area contributed by atoms with Gasteiger partial charge in [0, 0.05) is 25.9 Å². The molecular formula is C32H36N6O6. The molecule has 1 amide bonds. The molecule has 3 aromatic carbocycles. The van der Waals surface area contributed by atoms with Gasteiger partial charge in [0.25, 0.3) is 0 Å². The van der Waals surface area contributed by atoms with Gasteiger partial charge >= 0.3 is 11.8 Å². The van der Waals surface area contributed by atoms with Gasteiger partial charge in [0.15, 0.2) is 0 Å². The Morgan fingerprint density at radius 3 is 2.14 bits per heavy atom. The molecule has 0 saturated carbocycles. The third kappa shape index (κ3) is 9.13. The van der Waals surface area contributed by atoms with Crippen LogP contribution in [0, 0.1) is 10.1 Å². The molecule has 0 aliphatic heterocycles. The van der Waals surface area contributed by atoms with Crippen LogP contribution < -0.4 is 20.3 Å². The first kappa shape index (κ1) is 31.7. The van der Waals surface area contributed by atoms with Crippen molar-refractivity contribution in [2.75, 3.05) is 35.9 Å². The zero-order valence-electron chi connectivity index (χ0n) is 25.1. The van der Waals surface area contributed by atoms with Crippen LogP contribution in [0.4, 0.5) is 33.5 Å². The Labute approximate surface area is 256 Å². The van der Waals surface area contributed by atoms with E-state index in [1.165, 1.54) is 6.33 Å². The number of ether oxygens (including phenoxy) is 3. The van der Waals surface area contributed by atoms with E-state index in [2.05, 4.69) is 20.6 Å². The van der Waals surface area contributed by atoms with Crippen molar-refractivity contribution in [2.24, 2.45) is 0 Å². The maximum absolute atomic E-state index is 12.6. The van der Waals surface area contributed by atoms with Crippen LogP contribution in [-0.2, 0) is 22.6 Å². The van der Waals surface area contributed by atoms with Gasteiger partial charge in [-0.25, -0.2) is 14.8 Å². The summed E-state index contributed by atoms with van der Waals surface area (Å²) in [5.41, 5.74) is 1.63. The Bertz CT molecular complexity index is 1500. The van der Waals surface area contributed by atoms with E-state index in [4.69, 9.17) is 14.2 Å². The van der Waals surface area contributed by atoms with Crippen LogP contribution in [0.25, 0.3) is 0 Å². The van der Waals surface area contributed by atoms with Gasteiger partial charge in [-0.05, 0) is 50.1 Å². The molecule has 4 rings (SSSR count). The maximum atomic E-state index is 12.6. The monoisotopic (exact) mass is 600 g/mol. The molecule has 12 nitrogen and oxygen atoms in total. The number of benzene rings is 3. The number of carbonyl (C=O) groups is 1. The van der Waals surface area contributed by atoms with E-state index >= 15 is 0 Å². The molecule has 0 atom stereocenters. The largest absolute Gasteiger partial charge is 0.489 e. The first-order valence-electron chi connectivity index (χ1n) is 14.0. The molecule has 0 spiro atoms. The summed E-state index contributed by atoms with van der Waals surface area (Å²) in [5.74, 6) is 0.516.